The van der Waals surface area contributed by atoms with Crippen LogP contribution in [0, 0.1) is 13.8 Å². The van der Waals surface area contributed by atoms with E-state index in [0.717, 1.165) is 47.2 Å². The molecule has 3 atom stereocenters. The average molecular weight is 372 g/mol. The predicted octanol–water partition coefficient (Wildman–Crippen LogP) is 1.93. The van der Waals surface area contributed by atoms with E-state index in [1.54, 1.807) is 6.26 Å². The van der Waals surface area contributed by atoms with Crippen molar-refractivity contribution < 1.29 is 19.1 Å². The van der Waals surface area contributed by atoms with Gasteiger partial charge in [0.25, 0.3) is 0 Å². The van der Waals surface area contributed by atoms with E-state index in [1.807, 2.05) is 13.0 Å². The van der Waals surface area contributed by atoms with Crippen LogP contribution in [0.1, 0.15) is 29.5 Å². The first kappa shape index (κ1) is 18.5. The molecule has 0 saturated carbocycles. The van der Waals surface area contributed by atoms with Crippen molar-refractivity contribution in [1.82, 2.24) is 10.2 Å². The molecular weight excluding hydrogens is 344 g/mol. The Morgan fingerprint density at radius 1 is 1.33 bits per heavy atom. The quantitative estimate of drug-likeness (QED) is 0.839. The van der Waals surface area contributed by atoms with Gasteiger partial charge in [0.1, 0.15) is 5.58 Å². The molecule has 2 aromatic rings. The largest absolute Gasteiger partial charge is 0.464 e. The molecule has 2 saturated heterocycles. The van der Waals surface area contributed by atoms with Crippen molar-refractivity contribution in [2.75, 3.05) is 26.3 Å². The number of aryl methyl sites for hydroxylation is 2. The van der Waals surface area contributed by atoms with Crippen LogP contribution in [-0.2, 0) is 16.0 Å². The van der Waals surface area contributed by atoms with Crippen LogP contribution in [0.5, 0.6) is 0 Å². The summed E-state index contributed by atoms with van der Waals surface area (Å²) in [6.07, 6.45) is 3.74. The molecule has 1 aromatic carbocycles. The summed E-state index contributed by atoms with van der Waals surface area (Å²) in [4.78, 5) is 15.0. The third-order valence-corrected chi connectivity index (χ3v) is 5.75. The number of furan rings is 1. The van der Waals surface area contributed by atoms with Gasteiger partial charge in [0, 0.05) is 42.7 Å². The molecular formula is C21H28N2O4. The Labute approximate surface area is 159 Å². The summed E-state index contributed by atoms with van der Waals surface area (Å²) in [5, 5.41) is 13.3. The van der Waals surface area contributed by atoms with Crippen LogP contribution in [0.3, 0.4) is 0 Å². The Morgan fingerprint density at radius 3 is 3.00 bits per heavy atom. The molecule has 1 amide bonds. The topological polar surface area (TPSA) is 74.9 Å². The number of hydrogen-bond donors (Lipinski definition) is 2. The first-order valence-electron chi connectivity index (χ1n) is 9.76. The molecule has 146 valence electrons. The Morgan fingerprint density at radius 2 is 2.19 bits per heavy atom. The van der Waals surface area contributed by atoms with Crippen molar-refractivity contribution in [2.24, 2.45) is 0 Å². The van der Waals surface area contributed by atoms with Crippen molar-refractivity contribution in [3.8, 4) is 0 Å². The number of carbonyl (C=O) groups is 1. The van der Waals surface area contributed by atoms with Crippen LogP contribution < -0.4 is 5.32 Å². The maximum Gasteiger partial charge on any atom is 0.224 e. The third kappa shape index (κ3) is 3.88. The molecule has 2 fully saturated rings. The molecule has 2 aliphatic rings. The van der Waals surface area contributed by atoms with E-state index in [9.17, 15) is 4.79 Å². The van der Waals surface area contributed by atoms with Gasteiger partial charge in [0.05, 0.1) is 25.4 Å². The van der Waals surface area contributed by atoms with Crippen LogP contribution in [-0.4, -0.2) is 60.4 Å². The Bertz CT molecular complexity index is 831. The summed E-state index contributed by atoms with van der Waals surface area (Å²) >= 11 is 0. The Hall–Kier alpha value is -1.89. The summed E-state index contributed by atoms with van der Waals surface area (Å²) in [6.45, 7) is 6.63. The van der Waals surface area contributed by atoms with E-state index in [2.05, 4.69) is 23.2 Å². The van der Waals surface area contributed by atoms with Crippen LogP contribution in [0.15, 0.2) is 22.8 Å². The number of morpholine rings is 1. The van der Waals surface area contributed by atoms with Gasteiger partial charge in [-0.25, -0.2) is 0 Å². The second kappa shape index (κ2) is 7.62. The number of fused-ring (bicyclic) bond motifs is 2. The summed E-state index contributed by atoms with van der Waals surface area (Å²) in [6, 6.07) is 4.66. The van der Waals surface area contributed by atoms with Crippen molar-refractivity contribution >= 4 is 16.9 Å². The molecule has 0 radical (unpaired) electrons. The summed E-state index contributed by atoms with van der Waals surface area (Å²) in [5.74, 6) is 0.0374. The fourth-order valence-electron chi connectivity index (χ4n) is 4.57. The van der Waals surface area contributed by atoms with E-state index >= 15 is 0 Å². The molecule has 2 aliphatic heterocycles. The van der Waals surface area contributed by atoms with E-state index in [-0.39, 0.29) is 24.7 Å². The number of nitrogens with zero attached hydrogens (tertiary/aromatic N) is 1. The molecule has 2 N–H and O–H groups in total. The zero-order valence-electron chi connectivity index (χ0n) is 16.0. The minimum atomic E-state index is 0.0374. The van der Waals surface area contributed by atoms with E-state index in [0.29, 0.717) is 25.5 Å². The average Bonchev–Trinajstić information content (AvgIpc) is 3.18. The zero-order valence-corrected chi connectivity index (χ0v) is 16.0. The molecule has 0 unspecified atom stereocenters. The standard InChI is InChI=1S/C21H28N2O4/c1-13-5-14(2)21-15(11-27-19(21)6-13)7-20(25)22-16-8-17-12-26-18(3-4-24)10-23(17)9-16/h5-6,11,16-18,24H,3-4,7-10,12H2,1-2H3,(H,22,25)/t16-,17+,18+/m1/s1. The lowest BCUT2D eigenvalue weighted by atomic mass is 10.0. The van der Waals surface area contributed by atoms with Gasteiger partial charge in [-0.05, 0) is 43.9 Å². The lowest BCUT2D eigenvalue weighted by Gasteiger charge is -2.34. The van der Waals surface area contributed by atoms with Gasteiger partial charge in [-0.3, -0.25) is 9.69 Å². The van der Waals surface area contributed by atoms with Gasteiger partial charge < -0.3 is 19.6 Å². The summed E-state index contributed by atoms with van der Waals surface area (Å²) < 4.78 is 11.5. The summed E-state index contributed by atoms with van der Waals surface area (Å²) in [5.41, 5.74) is 4.10. The lowest BCUT2D eigenvalue weighted by Crippen LogP contribution is -2.46. The Kier molecular flexibility index (Phi) is 5.21. The summed E-state index contributed by atoms with van der Waals surface area (Å²) in [7, 11) is 0. The lowest BCUT2D eigenvalue weighted by molar-refractivity contribution is -0.121. The second-order valence-electron chi connectivity index (χ2n) is 7.97. The number of nitrogens with one attached hydrogen (secondary N) is 1. The first-order chi connectivity index (χ1) is 13.0. The maximum atomic E-state index is 12.6. The third-order valence-electron chi connectivity index (χ3n) is 5.75. The number of hydrogen-bond acceptors (Lipinski definition) is 5. The fraction of sp³-hybridized carbons (Fsp3) is 0.571. The van der Waals surface area contributed by atoms with Crippen molar-refractivity contribution in [2.45, 2.75) is 51.3 Å². The second-order valence-corrected chi connectivity index (χ2v) is 7.97. The van der Waals surface area contributed by atoms with Gasteiger partial charge in [-0.2, -0.15) is 0 Å². The van der Waals surface area contributed by atoms with E-state index in [4.69, 9.17) is 14.3 Å². The van der Waals surface area contributed by atoms with Crippen LogP contribution in [0.25, 0.3) is 11.0 Å². The maximum absolute atomic E-state index is 12.6. The van der Waals surface area contributed by atoms with Crippen LogP contribution in [0.4, 0.5) is 0 Å². The Balaban J connectivity index is 1.37. The minimum Gasteiger partial charge on any atom is -0.464 e. The van der Waals surface area contributed by atoms with Crippen molar-refractivity contribution in [3.05, 3.63) is 35.1 Å². The minimum absolute atomic E-state index is 0.0374. The van der Waals surface area contributed by atoms with Gasteiger partial charge in [0.15, 0.2) is 0 Å². The van der Waals surface area contributed by atoms with Gasteiger partial charge in [0.2, 0.25) is 5.91 Å². The molecule has 0 bridgehead atoms. The highest BCUT2D eigenvalue weighted by molar-refractivity contribution is 5.90. The molecule has 1 aromatic heterocycles. The number of rotatable bonds is 5. The number of aliphatic hydroxyl groups excluding tert-OH is 1. The molecule has 0 aliphatic carbocycles. The van der Waals surface area contributed by atoms with E-state index in [1.165, 1.54) is 0 Å². The van der Waals surface area contributed by atoms with Crippen molar-refractivity contribution in [3.63, 3.8) is 0 Å². The molecule has 4 rings (SSSR count). The molecule has 0 spiro atoms. The highest BCUT2D eigenvalue weighted by Crippen LogP contribution is 2.27. The molecule has 3 heterocycles. The number of amides is 1. The normalized spacial score (nSPS) is 25.7. The van der Waals surface area contributed by atoms with Crippen LogP contribution in [0.2, 0.25) is 0 Å². The highest BCUT2D eigenvalue weighted by Gasteiger charge is 2.37. The van der Waals surface area contributed by atoms with Gasteiger partial charge in [-0.15, -0.1) is 0 Å². The van der Waals surface area contributed by atoms with Gasteiger partial charge in [-0.1, -0.05) is 6.07 Å². The highest BCUT2D eigenvalue weighted by atomic mass is 16.5. The number of carbonyl (C=O) groups excluding carboxylic acids is 1. The molecule has 27 heavy (non-hydrogen) atoms. The fourth-order valence-corrected chi connectivity index (χ4v) is 4.57. The molecule has 6 heteroatoms. The van der Waals surface area contributed by atoms with Crippen LogP contribution >= 0.6 is 0 Å². The first-order valence-corrected chi connectivity index (χ1v) is 9.76. The SMILES string of the molecule is Cc1cc(C)c2c(CC(=O)N[C@@H]3C[C@H]4CO[C@@H](CCO)CN4C3)coc2c1. The monoisotopic (exact) mass is 372 g/mol. The molecule has 6 nitrogen and oxygen atoms in total. The number of aliphatic hydroxyl groups is 1. The zero-order chi connectivity index (χ0) is 19.0. The number of benzene rings is 1. The predicted molar refractivity (Wildman–Crippen MR) is 103 cm³/mol. The van der Waals surface area contributed by atoms with Gasteiger partial charge >= 0.3 is 0 Å². The van der Waals surface area contributed by atoms with E-state index < -0.39 is 0 Å². The number of ether oxygens (including phenoxy) is 1. The smallest absolute Gasteiger partial charge is 0.224 e. The van der Waals surface area contributed by atoms with Crippen molar-refractivity contribution in [1.29, 1.82) is 0 Å².